The molecule has 3 saturated carbocycles. The number of aliphatic hydroxyl groups excluding tert-OH is 1. The smallest absolute Gasteiger partial charge is 0.306 e. The number of anilines is 1. The van der Waals surface area contributed by atoms with Gasteiger partial charge in [0, 0.05) is 46.8 Å². The molecule has 1 aromatic heterocycles. The Morgan fingerprint density at radius 3 is 2.43 bits per heavy atom. The Labute approximate surface area is 348 Å². The molecule has 2 aromatic carbocycles. The lowest BCUT2D eigenvalue weighted by atomic mass is 9.44. The lowest BCUT2D eigenvalue weighted by Gasteiger charge is -2.62. The number of esters is 2. The van der Waals surface area contributed by atoms with E-state index in [0.29, 0.717) is 41.6 Å². The maximum atomic E-state index is 17.4. The number of halogens is 1. The molecule has 3 aromatic rings. The van der Waals surface area contributed by atoms with Crippen molar-refractivity contribution in [3.8, 4) is 0 Å². The van der Waals surface area contributed by atoms with Gasteiger partial charge in [0.15, 0.2) is 18.1 Å². The van der Waals surface area contributed by atoms with Crippen molar-refractivity contribution in [2.45, 2.75) is 103 Å². The van der Waals surface area contributed by atoms with Gasteiger partial charge in [-0.25, -0.2) is 4.39 Å². The van der Waals surface area contributed by atoms with E-state index >= 15 is 4.39 Å². The van der Waals surface area contributed by atoms with Crippen molar-refractivity contribution >= 4 is 45.9 Å². The van der Waals surface area contributed by atoms with Gasteiger partial charge in [0.05, 0.1) is 24.9 Å². The number of carbonyl (C=O) groups is 5. The van der Waals surface area contributed by atoms with Crippen LogP contribution >= 0.6 is 0 Å². The van der Waals surface area contributed by atoms with Crippen LogP contribution in [0.5, 0.6) is 0 Å². The molecule has 4 aliphatic rings. The van der Waals surface area contributed by atoms with Gasteiger partial charge in [-0.15, -0.1) is 0 Å². The zero-order chi connectivity index (χ0) is 43.3. The zero-order valence-corrected chi connectivity index (χ0v) is 34.5. The van der Waals surface area contributed by atoms with E-state index < -0.39 is 75.7 Å². The maximum Gasteiger partial charge on any atom is 0.306 e. The Bertz CT molecular complexity index is 2270. The van der Waals surface area contributed by atoms with Gasteiger partial charge in [-0.05, 0) is 97.2 Å². The third-order valence-corrected chi connectivity index (χ3v) is 14.1. The summed E-state index contributed by atoms with van der Waals surface area (Å²) in [6.45, 7) is 6.16. The second kappa shape index (κ2) is 16.1. The van der Waals surface area contributed by atoms with Crippen LogP contribution in [0.4, 0.5) is 10.1 Å². The van der Waals surface area contributed by atoms with Crippen molar-refractivity contribution < 1.29 is 48.0 Å². The fourth-order valence-corrected chi connectivity index (χ4v) is 10.7. The Balaban J connectivity index is 0.887. The highest BCUT2D eigenvalue weighted by atomic mass is 19.1. The number of aliphatic hydroxyl groups is 2. The van der Waals surface area contributed by atoms with E-state index in [2.05, 4.69) is 10.3 Å². The predicted molar refractivity (Wildman–Crippen MR) is 221 cm³/mol. The molecule has 4 aliphatic carbocycles. The fraction of sp³-hybridized carbons (Fsp3) is 0.489. The van der Waals surface area contributed by atoms with E-state index in [1.165, 1.54) is 12.2 Å². The van der Waals surface area contributed by atoms with Crippen molar-refractivity contribution in [3.05, 3.63) is 95.9 Å². The first-order valence-corrected chi connectivity index (χ1v) is 20.7. The van der Waals surface area contributed by atoms with Crippen LogP contribution < -0.4 is 11.1 Å². The minimum Gasteiger partial charge on any atom is -0.461 e. The van der Waals surface area contributed by atoms with Gasteiger partial charge in [0.2, 0.25) is 11.7 Å². The van der Waals surface area contributed by atoms with E-state index in [4.69, 9.17) is 15.2 Å². The highest BCUT2D eigenvalue weighted by Crippen LogP contribution is 2.69. The molecule has 0 spiro atoms. The van der Waals surface area contributed by atoms with Crippen molar-refractivity contribution in [2.24, 2.45) is 33.8 Å². The molecule has 5 N–H and O–H groups in total. The van der Waals surface area contributed by atoms with Crippen LogP contribution in [-0.2, 0) is 40.1 Å². The molecule has 13 heteroatoms. The van der Waals surface area contributed by atoms with Crippen LogP contribution in [0.1, 0.15) is 89.7 Å². The molecule has 1 heterocycles. The van der Waals surface area contributed by atoms with Crippen LogP contribution in [0, 0.1) is 28.1 Å². The molecule has 3 fully saturated rings. The molecule has 0 radical (unpaired) electrons. The summed E-state index contributed by atoms with van der Waals surface area (Å²) in [5.41, 5.74) is 1.36. The Kier molecular flexibility index (Phi) is 11.5. The molecule has 0 unspecified atom stereocenters. The summed E-state index contributed by atoms with van der Waals surface area (Å²) < 4.78 is 28.3. The second-order valence-corrected chi connectivity index (χ2v) is 18.4. The number of carbonyl (C=O) groups excluding carboxylic acids is 5. The Hall–Kier alpha value is -5.11. The molecule has 0 bridgehead atoms. The summed E-state index contributed by atoms with van der Waals surface area (Å²) in [7, 11) is 0. The number of nitrogens with zero attached hydrogens (tertiary/aromatic N) is 1. The molecule has 0 aliphatic heterocycles. The normalized spacial score (nSPS) is 30.0. The number of ether oxygens (including phenoxy) is 2. The predicted octanol–water partition coefficient (Wildman–Crippen LogP) is 5.98. The number of benzene rings is 2. The molecule has 8 atom stereocenters. The number of hydrogen-bond acceptors (Lipinski definition) is 11. The first-order chi connectivity index (χ1) is 28.3. The number of hydrogen-bond donors (Lipinski definition) is 4. The van der Waals surface area contributed by atoms with E-state index in [1.807, 2.05) is 18.2 Å². The van der Waals surface area contributed by atoms with Crippen molar-refractivity contribution in [2.75, 3.05) is 18.5 Å². The van der Waals surface area contributed by atoms with Crippen LogP contribution in [-0.4, -0.2) is 75.1 Å². The number of aromatic nitrogens is 1. The molecule has 7 rings (SSSR count). The third-order valence-electron chi connectivity index (χ3n) is 14.1. The summed E-state index contributed by atoms with van der Waals surface area (Å²) in [5.74, 6) is -4.18. The average Bonchev–Trinajstić information content (AvgIpc) is 3.47. The molecule has 1 amide bonds. The number of pyridine rings is 1. The van der Waals surface area contributed by atoms with Gasteiger partial charge >= 0.3 is 11.9 Å². The van der Waals surface area contributed by atoms with Crippen molar-refractivity contribution in [1.29, 1.82) is 0 Å². The van der Waals surface area contributed by atoms with E-state index in [9.17, 15) is 34.2 Å². The fourth-order valence-electron chi connectivity index (χ4n) is 10.7. The van der Waals surface area contributed by atoms with Crippen molar-refractivity contribution in [3.63, 3.8) is 0 Å². The minimum atomic E-state index is -2.09. The maximum absolute atomic E-state index is 17.4. The van der Waals surface area contributed by atoms with E-state index in [1.54, 1.807) is 76.5 Å². The summed E-state index contributed by atoms with van der Waals surface area (Å²) in [5, 5.41) is 28.3. The quantitative estimate of drug-likeness (QED) is 0.148. The number of rotatable bonds is 13. The van der Waals surface area contributed by atoms with Gasteiger partial charge < -0.3 is 30.7 Å². The van der Waals surface area contributed by atoms with Gasteiger partial charge in [-0.2, -0.15) is 0 Å². The monoisotopic (exact) mass is 823 g/mol. The molecule has 60 heavy (non-hydrogen) atoms. The topological polar surface area (TPSA) is 195 Å². The molecular formula is C47H54FN3O9. The van der Waals surface area contributed by atoms with Crippen LogP contribution in [0.25, 0.3) is 10.8 Å². The van der Waals surface area contributed by atoms with Crippen LogP contribution in [0.3, 0.4) is 0 Å². The Morgan fingerprint density at radius 1 is 1.00 bits per heavy atom. The summed E-state index contributed by atoms with van der Waals surface area (Å²) in [6.07, 6.45) is 6.98. The third kappa shape index (κ3) is 7.60. The molecule has 0 saturated heterocycles. The van der Waals surface area contributed by atoms with E-state index in [-0.39, 0.29) is 50.5 Å². The lowest BCUT2D eigenvalue weighted by molar-refractivity contribution is -0.217. The SMILES string of the molecule is CC(C)(CC(=O)OCC(=O)[C@@]1(O)CC[C@H]2[C@@H]3CCC4=CC(=O)C=C[C@]4(C)[C@@]3(F)[C@@H](O)C[C@@]21C)CC(=O)OCc1ccc([C@@H](CN)C(=O)Nc2ccc3cnccc3c2)cc1. The lowest BCUT2D eigenvalue weighted by Crippen LogP contribution is -2.69. The van der Waals surface area contributed by atoms with Gasteiger partial charge in [0.1, 0.15) is 12.2 Å². The highest BCUT2D eigenvalue weighted by Gasteiger charge is 2.74. The number of nitrogens with two attached hydrogens (primary N) is 1. The van der Waals surface area contributed by atoms with Gasteiger partial charge in [-0.3, -0.25) is 29.0 Å². The summed E-state index contributed by atoms with van der Waals surface area (Å²) in [4.78, 5) is 69.0. The minimum absolute atomic E-state index is 0.0328. The van der Waals surface area contributed by atoms with E-state index in [0.717, 1.165) is 10.8 Å². The standard InChI is InChI=1S/C47H54FN3O9/c1-43(2,22-40(55)59-26-28-5-7-29(8-6-28)35(24-49)42(57)51-33-11-9-31-25-50-18-15-30(31)19-33)23-41(56)60-27-39(54)46(58)17-14-36-37-12-10-32-20-34(52)13-16-44(32,3)47(37,48)38(53)21-45(36,46)4/h5-9,11,13,15-16,18-20,25,35-38,53,58H,10,12,14,17,21-24,26-27,49H2,1-4H3,(H,51,57)/t35-,36+,37+,38+,44+,45+,46+,47+/m1/s1. The number of amides is 1. The number of alkyl halides is 1. The van der Waals surface area contributed by atoms with Crippen LogP contribution in [0.2, 0.25) is 0 Å². The number of fused-ring (bicyclic) bond motifs is 6. The molecular weight excluding hydrogens is 770 g/mol. The zero-order valence-electron chi connectivity index (χ0n) is 34.5. The molecule has 318 valence electrons. The average molecular weight is 824 g/mol. The largest absolute Gasteiger partial charge is 0.461 e. The number of allylic oxidation sites excluding steroid dienone is 4. The van der Waals surface area contributed by atoms with Crippen LogP contribution in [0.15, 0.2) is 84.7 Å². The highest BCUT2D eigenvalue weighted by molar-refractivity contribution is 6.01. The number of ketones is 2. The number of nitrogens with one attached hydrogen (secondary N) is 1. The number of Topliss-reactive ketones (excluding diaryl/α,β-unsaturated/α-hetero) is 1. The molecule has 12 nitrogen and oxygen atoms in total. The van der Waals surface area contributed by atoms with Gasteiger partial charge in [-0.1, -0.05) is 62.8 Å². The summed E-state index contributed by atoms with van der Waals surface area (Å²) >= 11 is 0. The first-order valence-electron chi connectivity index (χ1n) is 20.7. The summed E-state index contributed by atoms with van der Waals surface area (Å²) in [6, 6.07) is 14.5. The second-order valence-electron chi connectivity index (χ2n) is 18.4. The van der Waals surface area contributed by atoms with Gasteiger partial charge in [0.25, 0.3) is 0 Å². The Morgan fingerprint density at radius 2 is 1.72 bits per heavy atom. The van der Waals surface area contributed by atoms with Crippen molar-refractivity contribution in [1.82, 2.24) is 4.98 Å². The first kappa shape index (κ1) is 43.0.